The van der Waals surface area contributed by atoms with Gasteiger partial charge in [0.15, 0.2) is 5.16 Å². The molecule has 1 saturated carbocycles. The summed E-state index contributed by atoms with van der Waals surface area (Å²) in [5, 5.41) is 4.53. The highest BCUT2D eigenvalue weighted by molar-refractivity contribution is 8.00. The first-order valence-electron chi connectivity index (χ1n) is 11.1. The van der Waals surface area contributed by atoms with Crippen molar-refractivity contribution in [2.75, 3.05) is 11.1 Å². The maximum absolute atomic E-state index is 13.8. The number of benzene rings is 2. The fraction of sp³-hybridized carbons (Fsp3) is 0.320. The third kappa shape index (κ3) is 4.59. The molecule has 1 fully saturated rings. The molecule has 2 atom stereocenters. The van der Waals surface area contributed by atoms with Gasteiger partial charge in [0, 0.05) is 16.9 Å². The maximum Gasteiger partial charge on any atom is 0.263 e. The van der Waals surface area contributed by atoms with Crippen LogP contribution in [0.3, 0.4) is 0 Å². The van der Waals surface area contributed by atoms with Crippen LogP contribution in [0.4, 0.5) is 10.1 Å². The van der Waals surface area contributed by atoms with Crippen LogP contribution in [0.25, 0.3) is 5.69 Å². The quantitative estimate of drug-likeness (QED) is 0.294. The first-order chi connectivity index (χ1) is 16.0. The van der Waals surface area contributed by atoms with Gasteiger partial charge in [-0.1, -0.05) is 36.7 Å². The number of hydrogen-bond acceptors (Lipinski definition) is 5. The molecule has 0 bridgehead atoms. The van der Waals surface area contributed by atoms with Crippen molar-refractivity contribution < 1.29 is 9.18 Å². The van der Waals surface area contributed by atoms with E-state index in [1.165, 1.54) is 42.4 Å². The summed E-state index contributed by atoms with van der Waals surface area (Å²) in [7, 11) is 0. The normalized spacial score (nSPS) is 19.1. The van der Waals surface area contributed by atoms with Crippen molar-refractivity contribution in [3.05, 3.63) is 75.8 Å². The summed E-state index contributed by atoms with van der Waals surface area (Å²) in [5.41, 5.74) is 3.16. The molecule has 0 radical (unpaired) electrons. The van der Waals surface area contributed by atoms with Crippen LogP contribution in [0.1, 0.15) is 42.7 Å². The minimum Gasteiger partial charge on any atom is -0.325 e. The molecule has 2 heterocycles. The Hall–Kier alpha value is -2.58. The number of anilines is 1. The Balaban J connectivity index is 1.47. The summed E-state index contributed by atoms with van der Waals surface area (Å²) in [6.45, 7) is 1.99. The minimum atomic E-state index is -0.357. The lowest BCUT2D eigenvalue weighted by Gasteiger charge is -2.24. The molecule has 0 unspecified atom stereocenters. The van der Waals surface area contributed by atoms with Gasteiger partial charge in [-0.3, -0.25) is 14.2 Å². The Kier molecular flexibility index (Phi) is 6.29. The minimum absolute atomic E-state index is 0.0195. The standard InChI is InChI=1S/C25H24FN3O2S2/c1-15-5-4-6-18(13-15)29-24(31)22-19-7-2-3-8-20(19)33-23(22)28-25(29)32-14-21(30)27-17-11-9-16(26)10-12-17/h4-6,9-13,19-20H,2-3,7-8,14H2,1H3,(H,27,30)/t19-,20+/m1/s1. The summed E-state index contributed by atoms with van der Waals surface area (Å²) >= 11 is 2.96. The number of hydrogen-bond donors (Lipinski definition) is 1. The van der Waals surface area contributed by atoms with Crippen LogP contribution in [0.2, 0.25) is 0 Å². The Morgan fingerprint density at radius 1 is 1.21 bits per heavy atom. The number of carbonyl (C=O) groups is 1. The zero-order chi connectivity index (χ0) is 22.9. The van der Waals surface area contributed by atoms with Gasteiger partial charge in [-0.2, -0.15) is 0 Å². The van der Waals surface area contributed by atoms with E-state index >= 15 is 0 Å². The number of halogens is 1. The second-order valence-electron chi connectivity index (χ2n) is 8.48. The summed E-state index contributed by atoms with van der Waals surface area (Å²) < 4.78 is 14.8. The number of fused-ring (bicyclic) bond motifs is 3. The highest BCUT2D eigenvalue weighted by atomic mass is 32.2. The molecular formula is C25H24FN3O2S2. The van der Waals surface area contributed by atoms with Crippen LogP contribution in [-0.4, -0.2) is 26.5 Å². The largest absolute Gasteiger partial charge is 0.325 e. The van der Waals surface area contributed by atoms with Crippen LogP contribution < -0.4 is 10.9 Å². The van der Waals surface area contributed by atoms with Gasteiger partial charge < -0.3 is 5.32 Å². The highest BCUT2D eigenvalue weighted by Gasteiger charge is 2.39. The average Bonchev–Trinajstić information content (AvgIpc) is 3.18. The van der Waals surface area contributed by atoms with Crippen molar-refractivity contribution in [2.45, 2.75) is 54.0 Å². The Bertz CT molecular complexity index is 1260. The molecule has 5 nitrogen and oxygen atoms in total. The number of nitrogens with zero attached hydrogens (tertiary/aromatic N) is 2. The lowest BCUT2D eigenvalue weighted by atomic mass is 9.85. The number of rotatable bonds is 5. The predicted molar refractivity (Wildman–Crippen MR) is 131 cm³/mol. The van der Waals surface area contributed by atoms with E-state index in [2.05, 4.69) is 5.32 Å². The summed E-state index contributed by atoms with van der Waals surface area (Å²) in [6.07, 6.45) is 4.48. The monoisotopic (exact) mass is 481 g/mol. The van der Waals surface area contributed by atoms with Gasteiger partial charge in [-0.25, -0.2) is 9.37 Å². The van der Waals surface area contributed by atoms with Gasteiger partial charge >= 0.3 is 0 Å². The van der Waals surface area contributed by atoms with Crippen molar-refractivity contribution in [1.29, 1.82) is 0 Å². The van der Waals surface area contributed by atoms with Crippen LogP contribution in [0, 0.1) is 12.7 Å². The average molecular weight is 482 g/mol. The van der Waals surface area contributed by atoms with Gasteiger partial charge in [0.1, 0.15) is 10.8 Å². The molecule has 33 heavy (non-hydrogen) atoms. The Morgan fingerprint density at radius 3 is 2.79 bits per heavy atom. The number of aryl methyl sites for hydroxylation is 1. The molecule has 1 aliphatic carbocycles. The lowest BCUT2D eigenvalue weighted by Crippen LogP contribution is -2.29. The summed E-state index contributed by atoms with van der Waals surface area (Å²) in [4.78, 5) is 31.2. The van der Waals surface area contributed by atoms with E-state index in [1.807, 2.05) is 31.2 Å². The third-order valence-corrected chi connectivity index (χ3v) is 8.45. The predicted octanol–water partition coefficient (Wildman–Crippen LogP) is 5.54. The Morgan fingerprint density at radius 2 is 2.00 bits per heavy atom. The molecule has 0 spiro atoms. The van der Waals surface area contributed by atoms with Crippen molar-refractivity contribution in [1.82, 2.24) is 9.55 Å². The van der Waals surface area contributed by atoms with E-state index in [0.29, 0.717) is 16.1 Å². The van der Waals surface area contributed by atoms with E-state index in [4.69, 9.17) is 4.98 Å². The fourth-order valence-corrected chi connectivity index (χ4v) is 6.94. The number of thioether (sulfide) groups is 2. The topological polar surface area (TPSA) is 64.0 Å². The van der Waals surface area contributed by atoms with Crippen LogP contribution in [-0.2, 0) is 4.79 Å². The first-order valence-corrected chi connectivity index (χ1v) is 12.9. The molecule has 2 aromatic carbocycles. The molecular weight excluding hydrogens is 457 g/mol. The third-order valence-electron chi connectivity index (χ3n) is 6.11. The molecule has 8 heteroatoms. The van der Waals surface area contributed by atoms with Gasteiger partial charge in [-0.15, -0.1) is 11.8 Å². The molecule has 2 aliphatic rings. The van der Waals surface area contributed by atoms with Crippen LogP contribution >= 0.6 is 23.5 Å². The number of aromatic nitrogens is 2. The van der Waals surface area contributed by atoms with Crippen molar-refractivity contribution in [3.8, 4) is 5.69 Å². The Labute approximate surface area is 200 Å². The SMILES string of the molecule is Cc1cccc(-n2c(SCC(=O)Nc3ccc(F)cc3)nc3c(c2=O)[C@@H]2CCCC[C@@H]2S3)c1. The second-order valence-corrected chi connectivity index (χ2v) is 10.7. The molecule has 3 aromatic rings. The molecule has 170 valence electrons. The fourth-order valence-electron chi connectivity index (χ4n) is 4.57. The molecule has 1 aliphatic heterocycles. The lowest BCUT2D eigenvalue weighted by molar-refractivity contribution is -0.113. The van der Waals surface area contributed by atoms with Crippen molar-refractivity contribution in [2.24, 2.45) is 0 Å². The van der Waals surface area contributed by atoms with Gasteiger partial charge in [-0.05, 0) is 61.7 Å². The number of amides is 1. The molecule has 5 rings (SSSR count). The van der Waals surface area contributed by atoms with E-state index < -0.39 is 0 Å². The molecule has 1 N–H and O–H groups in total. The van der Waals surface area contributed by atoms with E-state index in [0.717, 1.165) is 41.1 Å². The van der Waals surface area contributed by atoms with E-state index in [9.17, 15) is 14.0 Å². The van der Waals surface area contributed by atoms with Crippen LogP contribution in [0.15, 0.2) is 63.5 Å². The van der Waals surface area contributed by atoms with Crippen molar-refractivity contribution in [3.63, 3.8) is 0 Å². The number of carbonyl (C=O) groups excluding carboxylic acids is 1. The van der Waals surface area contributed by atoms with Gasteiger partial charge in [0.2, 0.25) is 5.91 Å². The highest BCUT2D eigenvalue weighted by Crippen LogP contribution is 2.50. The molecule has 1 aromatic heterocycles. The second kappa shape index (κ2) is 9.35. The zero-order valence-electron chi connectivity index (χ0n) is 18.2. The van der Waals surface area contributed by atoms with Gasteiger partial charge in [0.25, 0.3) is 5.56 Å². The van der Waals surface area contributed by atoms with Crippen LogP contribution in [0.5, 0.6) is 0 Å². The maximum atomic E-state index is 13.8. The van der Waals surface area contributed by atoms with E-state index in [1.54, 1.807) is 16.3 Å². The van der Waals surface area contributed by atoms with Crippen molar-refractivity contribution >= 4 is 35.1 Å². The zero-order valence-corrected chi connectivity index (χ0v) is 19.8. The van der Waals surface area contributed by atoms with Gasteiger partial charge in [0.05, 0.1) is 17.0 Å². The summed E-state index contributed by atoms with van der Waals surface area (Å²) in [6, 6.07) is 13.4. The first kappa shape index (κ1) is 22.2. The molecule has 0 saturated heterocycles. The summed E-state index contributed by atoms with van der Waals surface area (Å²) in [5.74, 6) is -0.245. The van der Waals surface area contributed by atoms with E-state index in [-0.39, 0.29) is 29.0 Å². The number of nitrogens with one attached hydrogen (secondary N) is 1. The molecule has 1 amide bonds. The smallest absolute Gasteiger partial charge is 0.263 e.